The minimum atomic E-state index is -0.445. The summed E-state index contributed by atoms with van der Waals surface area (Å²) < 4.78 is 11.7. The number of fused-ring (bicyclic) bond motifs is 1. The van der Waals surface area contributed by atoms with Crippen molar-refractivity contribution in [1.82, 2.24) is 9.55 Å². The van der Waals surface area contributed by atoms with Gasteiger partial charge in [0.05, 0.1) is 36.4 Å². The fourth-order valence-corrected chi connectivity index (χ4v) is 2.31. The Kier molecular flexibility index (Phi) is 4.56. The van der Waals surface area contributed by atoms with Gasteiger partial charge in [-0.25, -0.2) is 9.78 Å². The molecular weight excluding hydrogens is 308 g/mol. The number of para-hydroxylation sites is 1. The number of hydrogen-bond donors (Lipinski definition) is 0. The Morgan fingerprint density at radius 1 is 1.12 bits per heavy atom. The molecule has 3 rings (SSSR count). The first kappa shape index (κ1) is 15.7. The van der Waals surface area contributed by atoms with Gasteiger partial charge in [-0.15, -0.1) is 0 Å². The minimum Gasteiger partial charge on any atom is -0.497 e. The molecule has 0 spiro atoms. The Morgan fingerprint density at radius 2 is 1.88 bits per heavy atom. The Balaban J connectivity index is 1.64. The molecule has 6 nitrogen and oxygen atoms in total. The van der Waals surface area contributed by atoms with E-state index in [0.29, 0.717) is 22.2 Å². The van der Waals surface area contributed by atoms with Crippen LogP contribution >= 0.6 is 0 Å². The molecule has 1 aromatic heterocycles. The zero-order valence-corrected chi connectivity index (χ0v) is 13.1. The maximum absolute atomic E-state index is 12.3. The molecule has 3 aromatic rings. The highest BCUT2D eigenvalue weighted by molar-refractivity contribution is 5.89. The average molecular weight is 324 g/mol. The molecule has 0 unspecified atom stereocenters. The lowest BCUT2D eigenvalue weighted by atomic mass is 10.2. The van der Waals surface area contributed by atoms with E-state index in [-0.39, 0.29) is 18.7 Å². The fourth-order valence-electron chi connectivity index (χ4n) is 2.31. The summed E-state index contributed by atoms with van der Waals surface area (Å²) in [6, 6.07) is 13.8. The molecule has 0 saturated carbocycles. The smallest absolute Gasteiger partial charge is 0.338 e. The quantitative estimate of drug-likeness (QED) is 0.673. The molecule has 0 atom stereocenters. The monoisotopic (exact) mass is 324 g/mol. The molecule has 6 heteroatoms. The summed E-state index contributed by atoms with van der Waals surface area (Å²) in [6.45, 7) is 0.337. The van der Waals surface area contributed by atoms with Crippen LogP contribution < -0.4 is 10.3 Å². The van der Waals surface area contributed by atoms with Crippen molar-refractivity contribution in [2.75, 3.05) is 13.7 Å². The first-order valence-electron chi connectivity index (χ1n) is 7.44. The number of hydrogen-bond acceptors (Lipinski definition) is 5. The molecule has 1 heterocycles. The van der Waals surface area contributed by atoms with Crippen molar-refractivity contribution in [1.29, 1.82) is 0 Å². The van der Waals surface area contributed by atoms with Crippen molar-refractivity contribution in [2.45, 2.75) is 6.54 Å². The number of aromatic nitrogens is 2. The van der Waals surface area contributed by atoms with Crippen LogP contribution in [0.1, 0.15) is 10.4 Å². The summed E-state index contributed by atoms with van der Waals surface area (Å²) in [5.74, 6) is 0.222. The summed E-state index contributed by atoms with van der Waals surface area (Å²) >= 11 is 0. The lowest BCUT2D eigenvalue weighted by Gasteiger charge is -2.08. The molecule has 0 saturated heterocycles. The van der Waals surface area contributed by atoms with Crippen molar-refractivity contribution in [3.8, 4) is 5.75 Å². The van der Waals surface area contributed by atoms with Gasteiger partial charge in [0.1, 0.15) is 12.4 Å². The van der Waals surface area contributed by atoms with Crippen LogP contribution in [0.4, 0.5) is 0 Å². The number of esters is 1. The van der Waals surface area contributed by atoms with Gasteiger partial charge >= 0.3 is 5.97 Å². The Labute approximate surface area is 138 Å². The molecule has 2 aromatic carbocycles. The third-order valence-corrected chi connectivity index (χ3v) is 3.62. The van der Waals surface area contributed by atoms with Gasteiger partial charge in [0.2, 0.25) is 0 Å². The highest BCUT2D eigenvalue weighted by Crippen LogP contribution is 2.12. The van der Waals surface area contributed by atoms with E-state index in [2.05, 4.69) is 4.98 Å². The second-order valence-electron chi connectivity index (χ2n) is 5.12. The average Bonchev–Trinajstić information content (AvgIpc) is 2.64. The molecule has 0 aliphatic carbocycles. The summed E-state index contributed by atoms with van der Waals surface area (Å²) in [4.78, 5) is 28.5. The molecule has 0 radical (unpaired) electrons. The van der Waals surface area contributed by atoms with Crippen LogP contribution in [0.2, 0.25) is 0 Å². The highest BCUT2D eigenvalue weighted by atomic mass is 16.5. The van der Waals surface area contributed by atoms with Gasteiger partial charge in [0.15, 0.2) is 0 Å². The summed E-state index contributed by atoms with van der Waals surface area (Å²) in [6.07, 6.45) is 1.46. The lowest BCUT2D eigenvalue weighted by molar-refractivity contribution is 0.0490. The normalized spacial score (nSPS) is 10.5. The van der Waals surface area contributed by atoms with Crippen molar-refractivity contribution in [2.24, 2.45) is 0 Å². The van der Waals surface area contributed by atoms with Gasteiger partial charge in [-0.05, 0) is 36.4 Å². The Bertz CT molecular complexity index is 916. The van der Waals surface area contributed by atoms with E-state index >= 15 is 0 Å². The van der Waals surface area contributed by atoms with Gasteiger partial charge < -0.3 is 9.47 Å². The Hall–Kier alpha value is -3.15. The largest absolute Gasteiger partial charge is 0.497 e. The number of nitrogens with zero attached hydrogens (tertiary/aromatic N) is 2. The van der Waals surface area contributed by atoms with Crippen molar-refractivity contribution >= 4 is 16.9 Å². The SMILES string of the molecule is COc1ccc(C(=O)OCCn2cnc3ccccc3c2=O)cc1. The van der Waals surface area contributed by atoms with Crippen LogP contribution in [0.15, 0.2) is 59.7 Å². The summed E-state index contributed by atoms with van der Waals surface area (Å²) in [5.41, 5.74) is 0.926. The van der Waals surface area contributed by atoms with Crippen LogP contribution in [-0.2, 0) is 11.3 Å². The first-order chi connectivity index (χ1) is 11.7. The van der Waals surface area contributed by atoms with Crippen molar-refractivity contribution < 1.29 is 14.3 Å². The molecule has 122 valence electrons. The van der Waals surface area contributed by atoms with E-state index in [4.69, 9.17) is 9.47 Å². The van der Waals surface area contributed by atoms with Crippen LogP contribution in [-0.4, -0.2) is 29.2 Å². The maximum Gasteiger partial charge on any atom is 0.338 e. The second kappa shape index (κ2) is 6.95. The predicted molar refractivity (Wildman–Crippen MR) is 89.3 cm³/mol. The van der Waals surface area contributed by atoms with E-state index in [1.54, 1.807) is 49.6 Å². The van der Waals surface area contributed by atoms with Gasteiger partial charge in [-0.3, -0.25) is 9.36 Å². The van der Waals surface area contributed by atoms with Crippen LogP contribution in [0, 0.1) is 0 Å². The van der Waals surface area contributed by atoms with Crippen LogP contribution in [0.3, 0.4) is 0 Å². The molecule has 0 N–H and O–H groups in total. The standard InChI is InChI=1S/C18H16N2O4/c1-23-14-8-6-13(7-9-14)18(22)24-11-10-20-12-19-16-5-3-2-4-15(16)17(20)21/h2-9,12H,10-11H2,1H3. The summed E-state index contributed by atoms with van der Waals surface area (Å²) in [5, 5.41) is 0.543. The lowest BCUT2D eigenvalue weighted by Crippen LogP contribution is -2.23. The van der Waals surface area contributed by atoms with E-state index in [1.807, 2.05) is 6.07 Å². The number of carbonyl (C=O) groups excluding carboxylic acids is 1. The molecule has 24 heavy (non-hydrogen) atoms. The third kappa shape index (κ3) is 3.27. The molecule has 0 bridgehead atoms. The second-order valence-corrected chi connectivity index (χ2v) is 5.12. The fraction of sp³-hybridized carbons (Fsp3) is 0.167. The highest BCUT2D eigenvalue weighted by Gasteiger charge is 2.08. The number of carbonyl (C=O) groups is 1. The van der Waals surface area contributed by atoms with E-state index < -0.39 is 5.97 Å². The van der Waals surface area contributed by atoms with Crippen LogP contribution in [0.25, 0.3) is 10.9 Å². The number of methoxy groups -OCH3 is 1. The molecule has 0 fully saturated rings. The predicted octanol–water partition coefficient (Wildman–Crippen LogP) is 2.26. The summed E-state index contributed by atoms with van der Waals surface area (Å²) in [7, 11) is 1.56. The maximum atomic E-state index is 12.3. The number of benzene rings is 2. The minimum absolute atomic E-state index is 0.0881. The first-order valence-corrected chi connectivity index (χ1v) is 7.44. The van der Waals surface area contributed by atoms with Gasteiger partial charge in [0, 0.05) is 0 Å². The van der Waals surface area contributed by atoms with Crippen LogP contribution in [0.5, 0.6) is 5.75 Å². The molecular formula is C18H16N2O4. The molecule has 0 aliphatic heterocycles. The Morgan fingerprint density at radius 3 is 2.62 bits per heavy atom. The van der Waals surface area contributed by atoms with Crippen molar-refractivity contribution in [3.05, 3.63) is 70.8 Å². The third-order valence-electron chi connectivity index (χ3n) is 3.62. The van der Waals surface area contributed by atoms with Gasteiger partial charge in [-0.2, -0.15) is 0 Å². The van der Waals surface area contributed by atoms with Gasteiger partial charge in [-0.1, -0.05) is 12.1 Å². The topological polar surface area (TPSA) is 70.4 Å². The molecule has 0 amide bonds. The zero-order chi connectivity index (χ0) is 16.9. The van der Waals surface area contributed by atoms with E-state index in [1.165, 1.54) is 10.9 Å². The van der Waals surface area contributed by atoms with Gasteiger partial charge in [0.25, 0.3) is 5.56 Å². The number of ether oxygens (including phenoxy) is 2. The zero-order valence-electron chi connectivity index (χ0n) is 13.1. The van der Waals surface area contributed by atoms with Crippen molar-refractivity contribution in [3.63, 3.8) is 0 Å². The number of rotatable bonds is 5. The molecule has 0 aliphatic rings. The van der Waals surface area contributed by atoms with E-state index in [9.17, 15) is 9.59 Å². The van der Waals surface area contributed by atoms with E-state index in [0.717, 1.165) is 0 Å².